The maximum Gasteiger partial charge on any atom is 0.250 e. The van der Waals surface area contributed by atoms with E-state index in [0.29, 0.717) is 24.3 Å². The lowest BCUT2D eigenvalue weighted by Crippen LogP contribution is -2.58. The van der Waals surface area contributed by atoms with E-state index < -0.39 is 5.91 Å². The third-order valence-electron chi connectivity index (χ3n) is 3.27. The minimum atomic E-state index is -0.482. The van der Waals surface area contributed by atoms with Crippen LogP contribution in [0, 0.1) is 0 Å². The number of carbonyl (C=O) groups excluding carboxylic acids is 2. The molecule has 6 heteroatoms. The van der Waals surface area contributed by atoms with Crippen molar-refractivity contribution in [2.45, 2.75) is 6.04 Å². The van der Waals surface area contributed by atoms with Gasteiger partial charge in [-0.1, -0.05) is 12.1 Å². The second-order valence-electron chi connectivity index (χ2n) is 4.41. The van der Waals surface area contributed by atoms with Crippen molar-refractivity contribution >= 4 is 17.5 Å². The summed E-state index contributed by atoms with van der Waals surface area (Å²) in [4.78, 5) is 25.3. The first-order chi connectivity index (χ1) is 9.15. The fourth-order valence-corrected chi connectivity index (χ4v) is 2.33. The van der Waals surface area contributed by atoms with Gasteiger partial charge in [0.2, 0.25) is 5.91 Å². The monoisotopic (exact) mass is 262 g/mol. The molecule has 2 rings (SSSR count). The fraction of sp³-hybridized carbons (Fsp3) is 0.385. The number of nitrogens with two attached hydrogens (primary N) is 1. The van der Waals surface area contributed by atoms with Crippen LogP contribution in [0.1, 0.15) is 10.4 Å². The molecule has 1 saturated heterocycles. The predicted octanol–water partition coefficient (Wildman–Crippen LogP) is -0.690. The van der Waals surface area contributed by atoms with Crippen molar-refractivity contribution in [1.29, 1.82) is 0 Å². The van der Waals surface area contributed by atoms with Gasteiger partial charge in [-0.2, -0.15) is 0 Å². The van der Waals surface area contributed by atoms with E-state index in [4.69, 9.17) is 5.73 Å². The molecule has 0 spiro atoms. The van der Waals surface area contributed by atoms with Crippen LogP contribution in [0.4, 0.5) is 5.69 Å². The van der Waals surface area contributed by atoms with Crippen molar-refractivity contribution < 1.29 is 9.59 Å². The summed E-state index contributed by atoms with van der Waals surface area (Å²) < 4.78 is 0. The number of primary amides is 1. The van der Waals surface area contributed by atoms with Crippen LogP contribution in [-0.2, 0) is 4.79 Å². The van der Waals surface area contributed by atoms with Crippen molar-refractivity contribution in [2.24, 2.45) is 5.73 Å². The Balaban J connectivity index is 2.37. The summed E-state index contributed by atoms with van der Waals surface area (Å²) in [6, 6.07) is 6.77. The zero-order valence-electron chi connectivity index (χ0n) is 10.8. The average molecular weight is 262 g/mol. The van der Waals surface area contributed by atoms with E-state index in [9.17, 15) is 9.59 Å². The molecule has 0 aliphatic carbocycles. The van der Waals surface area contributed by atoms with Crippen molar-refractivity contribution in [3.8, 4) is 0 Å². The molecule has 0 aromatic heterocycles. The van der Waals surface area contributed by atoms with Gasteiger partial charge in [0.25, 0.3) is 5.91 Å². The number of benzene rings is 1. The fourth-order valence-electron chi connectivity index (χ4n) is 2.33. The molecule has 4 N–H and O–H groups in total. The standard InChI is InChI=1S/C13H18N4O2/c1-15-13(19)11-8-16-6-7-17(11)10-5-3-2-4-9(10)12(14)18/h2-5,11,16H,6-8H2,1H3,(H2,14,18)(H,15,19). The Kier molecular flexibility index (Phi) is 4.01. The van der Waals surface area contributed by atoms with Gasteiger partial charge in [0.1, 0.15) is 6.04 Å². The van der Waals surface area contributed by atoms with Gasteiger partial charge in [-0.05, 0) is 12.1 Å². The first kappa shape index (κ1) is 13.4. The summed E-state index contributed by atoms with van der Waals surface area (Å²) in [5, 5.41) is 5.83. The Morgan fingerprint density at radius 1 is 1.42 bits per heavy atom. The Morgan fingerprint density at radius 3 is 2.84 bits per heavy atom. The maximum absolute atomic E-state index is 11.9. The Bertz CT molecular complexity index is 489. The molecule has 1 unspecified atom stereocenters. The van der Waals surface area contributed by atoms with E-state index in [1.165, 1.54) is 0 Å². The molecule has 1 aromatic carbocycles. The SMILES string of the molecule is CNC(=O)C1CNCCN1c1ccccc1C(N)=O. The van der Waals surface area contributed by atoms with Gasteiger partial charge in [-0.3, -0.25) is 9.59 Å². The molecule has 1 aromatic rings. The third-order valence-corrected chi connectivity index (χ3v) is 3.27. The number of anilines is 1. The van der Waals surface area contributed by atoms with Gasteiger partial charge >= 0.3 is 0 Å². The van der Waals surface area contributed by atoms with Gasteiger partial charge in [0.05, 0.1) is 11.3 Å². The molecule has 0 radical (unpaired) electrons. The molecule has 1 aliphatic heterocycles. The number of piperazine rings is 1. The number of hydrogen-bond acceptors (Lipinski definition) is 4. The molecular weight excluding hydrogens is 244 g/mol. The summed E-state index contributed by atoms with van der Waals surface area (Å²) in [5.41, 5.74) is 6.55. The van der Waals surface area contributed by atoms with Gasteiger partial charge in [-0.15, -0.1) is 0 Å². The van der Waals surface area contributed by atoms with Crippen molar-refractivity contribution in [3.05, 3.63) is 29.8 Å². The lowest BCUT2D eigenvalue weighted by atomic mass is 10.1. The summed E-state index contributed by atoms with van der Waals surface area (Å²) in [6.45, 7) is 1.97. The highest BCUT2D eigenvalue weighted by molar-refractivity contribution is 5.99. The quantitative estimate of drug-likeness (QED) is 0.673. The van der Waals surface area contributed by atoms with Crippen LogP contribution in [0.25, 0.3) is 0 Å². The molecule has 0 bridgehead atoms. The summed E-state index contributed by atoms with van der Waals surface area (Å²) in [6.07, 6.45) is 0. The minimum absolute atomic E-state index is 0.0773. The highest BCUT2D eigenvalue weighted by Crippen LogP contribution is 2.23. The highest BCUT2D eigenvalue weighted by Gasteiger charge is 2.29. The maximum atomic E-state index is 11.9. The largest absolute Gasteiger partial charge is 0.366 e. The van der Waals surface area contributed by atoms with Gasteiger partial charge in [0, 0.05) is 26.7 Å². The molecule has 1 heterocycles. The van der Waals surface area contributed by atoms with Crippen LogP contribution < -0.4 is 21.3 Å². The number of amides is 2. The van der Waals surface area contributed by atoms with Crippen LogP contribution in [0.5, 0.6) is 0 Å². The van der Waals surface area contributed by atoms with E-state index in [-0.39, 0.29) is 11.9 Å². The molecule has 102 valence electrons. The Hall–Kier alpha value is -2.08. The average Bonchev–Trinajstić information content (AvgIpc) is 2.46. The molecule has 1 aliphatic rings. The van der Waals surface area contributed by atoms with Crippen molar-refractivity contribution in [3.63, 3.8) is 0 Å². The first-order valence-electron chi connectivity index (χ1n) is 6.23. The third kappa shape index (κ3) is 2.68. The van der Waals surface area contributed by atoms with Crippen molar-refractivity contribution in [2.75, 3.05) is 31.6 Å². The number of hydrogen-bond donors (Lipinski definition) is 3. The number of nitrogens with zero attached hydrogens (tertiary/aromatic N) is 1. The number of likely N-dealkylation sites (N-methyl/N-ethyl adjacent to an activating group) is 1. The number of rotatable bonds is 3. The minimum Gasteiger partial charge on any atom is -0.366 e. The van der Waals surface area contributed by atoms with Gasteiger partial charge < -0.3 is 21.3 Å². The molecular formula is C13H18N4O2. The zero-order valence-corrected chi connectivity index (χ0v) is 10.8. The van der Waals surface area contributed by atoms with Crippen LogP contribution in [-0.4, -0.2) is 44.5 Å². The Morgan fingerprint density at radius 2 is 2.16 bits per heavy atom. The van der Waals surface area contributed by atoms with Crippen molar-refractivity contribution in [1.82, 2.24) is 10.6 Å². The predicted molar refractivity (Wildman–Crippen MR) is 73.0 cm³/mol. The topological polar surface area (TPSA) is 87.5 Å². The first-order valence-corrected chi connectivity index (χ1v) is 6.23. The van der Waals surface area contributed by atoms with Crippen LogP contribution >= 0.6 is 0 Å². The van der Waals surface area contributed by atoms with Crippen LogP contribution in [0.3, 0.4) is 0 Å². The van der Waals surface area contributed by atoms with E-state index in [1.54, 1.807) is 19.2 Å². The van der Waals surface area contributed by atoms with Gasteiger partial charge in [0.15, 0.2) is 0 Å². The molecule has 6 nitrogen and oxygen atoms in total. The van der Waals surface area contributed by atoms with Gasteiger partial charge in [-0.25, -0.2) is 0 Å². The summed E-state index contributed by atoms with van der Waals surface area (Å²) >= 11 is 0. The number of carbonyl (C=O) groups is 2. The smallest absolute Gasteiger partial charge is 0.250 e. The molecule has 2 amide bonds. The van der Waals surface area contributed by atoms with E-state index in [0.717, 1.165) is 6.54 Å². The van der Waals surface area contributed by atoms with E-state index in [1.807, 2.05) is 17.0 Å². The van der Waals surface area contributed by atoms with E-state index in [2.05, 4.69) is 10.6 Å². The second kappa shape index (κ2) is 5.71. The highest BCUT2D eigenvalue weighted by atomic mass is 16.2. The normalized spacial score (nSPS) is 19.0. The summed E-state index contributed by atoms with van der Waals surface area (Å²) in [7, 11) is 1.61. The lowest BCUT2D eigenvalue weighted by molar-refractivity contribution is -0.122. The molecule has 19 heavy (non-hydrogen) atoms. The molecule has 0 saturated carbocycles. The van der Waals surface area contributed by atoms with Crippen LogP contribution in [0.2, 0.25) is 0 Å². The molecule has 1 atom stereocenters. The van der Waals surface area contributed by atoms with Crippen LogP contribution in [0.15, 0.2) is 24.3 Å². The lowest BCUT2D eigenvalue weighted by Gasteiger charge is -2.37. The Labute approximate surface area is 112 Å². The number of para-hydroxylation sites is 1. The van der Waals surface area contributed by atoms with E-state index >= 15 is 0 Å². The second-order valence-corrected chi connectivity index (χ2v) is 4.41. The number of nitrogens with one attached hydrogen (secondary N) is 2. The molecule has 1 fully saturated rings. The summed E-state index contributed by atoms with van der Waals surface area (Å²) in [5.74, 6) is -0.559. The zero-order chi connectivity index (χ0) is 13.8.